The number of carbonyl (C=O) groups excluding carboxylic acids is 1. The van der Waals surface area contributed by atoms with Crippen molar-refractivity contribution in [2.45, 2.75) is 83.7 Å². The molecule has 1 aliphatic rings. The molecule has 0 atom stereocenters. The van der Waals surface area contributed by atoms with Crippen LogP contribution in [0.3, 0.4) is 0 Å². The summed E-state index contributed by atoms with van der Waals surface area (Å²) >= 11 is 0. The maximum Gasteiger partial charge on any atom is 1.00 e. The number of aliphatic hydroxyl groups is 1. The third kappa shape index (κ3) is 6.74. The number of hydrogen-bond acceptors (Lipinski definition) is 3. The Morgan fingerprint density at radius 1 is 0.974 bits per heavy atom. The Bertz CT molecular complexity index is 1350. The average molecular weight is 537 g/mol. The molecule has 5 heteroatoms. The Kier molecular flexibility index (Phi) is 10.4. The Morgan fingerprint density at radius 3 is 2.13 bits per heavy atom. The summed E-state index contributed by atoms with van der Waals surface area (Å²) in [5, 5.41) is 21.6. The summed E-state index contributed by atoms with van der Waals surface area (Å²) in [7, 11) is 0. The molecule has 3 aromatic rings. The van der Waals surface area contributed by atoms with E-state index >= 15 is 0 Å². The van der Waals surface area contributed by atoms with Crippen LogP contribution in [0.2, 0.25) is 0 Å². The van der Waals surface area contributed by atoms with Crippen LogP contribution in [0.5, 0.6) is 0 Å². The summed E-state index contributed by atoms with van der Waals surface area (Å²) < 4.78 is 14.6. The maximum absolute atomic E-state index is 14.6. The van der Waals surface area contributed by atoms with E-state index in [1.165, 1.54) is 28.8 Å². The number of halogens is 1. The molecule has 0 spiro atoms. The van der Waals surface area contributed by atoms with Crippen LogP contribution in [0.1, 0.15) is 85.8 Å². The van der Waals surface area contributed by atoms with Gasteiger partial charge in [-0.2, -0.15) is 0 Å². The fourth-order valence-electron chi connectivity index (χ4n) is 6.09. The minimum atomic E-state index is -1.29. The van der Waals surface area contributed by atoms with E-state index in [0.717, 1.165) is 60.8 Å². The van der Waals surface area contributed by atoms with Crippen molar-refractivity contribution in [2.24, 2.45) is 0 Å². The first-order chi connectivity index (χ1) is 18.1. The average Bonchev–Trinajstić information content (AvgIpc) is 3.32. The van der Waals surface area contributed by atoms with Gasteiger partial charge in [-0.15, -0.1) is 0 Å². The number of carboxylic acids is 1. The number of carbonyl (C=O) groups is 1. The quantitative estimate of drug-likeness (QED) is 0.423. The molecule has 3 aromatic carbocycles. The SMILES string of the molecule is CCC(CC)(c1ccc(C=CC2(O)CCCC2)c(C)c1)c1ccc(-c2ccc(CC(=O)[O-])c(F)c2)c(C)c1.[Na+]. The van der Waals surface area contributed by atoms with Crippen LogP contribution >= 0.6 is 0 Å². The molecule has 0 saturated heterocycles. The van der Waals surface area contributed by atoms with E-state index < -0.39 is 23.8 Å². The minimum Gasteiger partial charge on any atom is -0.550 e. The summed E-state index contributed by atoms with van der Waals surface area (Å²) in [6.07, 6.45) is 9.30. The van der Waals surface area contributed by atoms with Gasteiger partial charge in [0.05, 0.1) is 5.60 Å². The van der Waals surface area contributed by atoms with Crippen molar-refractivity contribution < 1.29 is 49.0 Å². The van der Waals surface area contributed by atoms with E-state index in [0.29, 0.717) is 0 Å². The second-order valence-corrected chi connectivity index (χ2v) is 10.9. The zero-order valence-corrected chi connectivity index (χ0v) is 25.9. The van der Waals surface area contributed by atoms with E-state index in [9.17, 15) is 19.4 Å². The summed E-state index contributed by atoms with van der Waals surface area (Å²) in [6.45, 7) is 8.60. The van der Waals surface area contributed by atoms with Crippen LogP contribution in [0.4, 0.5) is 4.39 Å². The van der Waals surface area contributed by atoms with Crippen LogP contribution in [-0.4, -0.2) is 16.7 Å². The molecule has 3 nitrogen and oxygen atoms in total. The molecule has 1 saturated carbocycles. The minimum absolute atomic E-state index is 0. The summed E-state index contributed by atoms with van der Waals surface area (Å²) in [4.78, 5) is 10.9. The van der Waals surface area contributed by atoms with Crippen molar-refractivity contribution >= 4 is 12.0 Å². The number of aryl methyl sites for hydroxylation is 2. The second-order valence-electron chi connectivity index (χ2n) is 10.9. The Hall–Kier alpha value is -2.24. The molecule has 39 heavy (non-hydrogen) atoms. The molecule has 0 aromatic heterocycles. The Labute approximate surface area is 254 Å². The summed E-state index contributed by atoms with van der Waals surface area (Å²) in [5.41, 5.74) is 6.80. The van der Waals surface area contributed by atoms with Gasteiger partial charge < -0.3 is 15.0 Å². The van der Waals surface area contributed by atoms with E-state index in [-0.39, 0.29) is 40.5 Å². The zero-order chi connectivity index (χ0) is 27.5. The number of hydrogen-bond donors (Lipinski definition) is 1. The molecule has 0 aliphatic heterocycles. The fraction of sp³-hybridized carbons (Fsp3) is 0.382. The van der Waals surface area contributed by atoms with Crippen molar-refractivity contribution in [1.29, 1.82) is 0 Å². The first kappa shape index (κ1) is 31.3. The predicted molar refractivity (Wildman–Crippen MR) is 150 cm³/mol. The molecule has 0 radical (unpaired) electrons. The van der Waals surface area contributed by atoms with Crippen LogP contribution in [0, 0.1) is 19.7 Å². The Morgan fingerprint density at radius 2 is 1.59 bits per heavy atom. The van der Waals surface area contributed by atoms with Gasteiger partial charge in [-0.05, 0) is 90.1 Å². The normalized spacial score (nSPS) is 14.9. The van der Waals surface area contributed by atoms with E-state index in [1.54, 1.807) is 6.07 Å². The fourth-order valence-corrected chi connectivity index (χ4v) is 6.09. The van der Waals surface area contributed by atoms with Crippen molar-refractivity contribution in [3.05, 3.63) is 99.9 Å². The molecule has 0 amide bonds. The van der Waals surface area contributed by atoms with Gasteiger partial charge in [0, 0.05) is 17.8 Å². The van der Waals surface area contributed by atoms with Gasteiger partial charge in [0.2, 0.25) is 0 Å². The van der Waals surface area contributed by atoms with Crippen LogP contribution < -0.4 is 34.7 Å². The van der Waals surface area contributed by atoms with Crippen molar-refractivity contribution in [2.75, 3.05) is 0 Å². The molecular formula is C34H38FNaO3. The first-order valence-corrected chi connectivity index (χ1v) is 13.7. The summed E-state index contributed by atoms with van der Waals surface area (Å²) in [6, 6.07) is 17.8. The molecule has 0 unspecified atom stereocenters. The van der Waals surface area contributed by atoms with Gasteiger partial charge in [0.15, 0.2) is 0 Å². The number of benzene rings is 3. The third-order valence-corrected chi connectivity index (χ3v) is 8.55. The van der Waals surface area contributed by atoms with Crippen LogP contribution in [0.15, 0.2) is 60.7 Å². The van der Waals surface area contributed by atoms with E-state index in [4.69, 9.17) is 0 Å². The largest absolute Gasteiger partial charge is 1.00 e. The molecule has 1 aliphatic carbocycles. The van der Waals surface area contributed by atoms with Gasteiger partial charge in [-0.1, -0.05) is 87.4 Å². The molecule has 1 fully saturated rings. The molecule has 1 N–H and O–H groups in total. The monoisotopic (exact) mass is 536 g/mol. The first-order valence-electron chi connectivity index (χ1n) is 13.7. The van der Waals surface area contributed by atoms with Crippen molar-refractivity contribution in [1.82, 2.24) is 0 Å². The number of aliphatic carboxylic acids is 1. The van der Waals surface area contributed by atoms with E-state index in [1.807, 2.05) is 19.1 Å². The van der Waals surface area contributed by atoms with Crippen molar-refractivity contribution in [3.63, 3.8) is 0 Å². The maximum atomic E-state index is 14.6. The molecule has 0 bridgehead atoms. The van der Waals surface area contributed by atoms with E-state index in [2.05, 4.69) is 57.2 Å². The zero-order valence-electron chi connectivity index (χ0n) is 23.9. The van der Waals surface area contributed by atoms with Gasteiger partial charge >= 0.3 is 29.6 Å². The second kappa shape index (κ2) is 13.0. The smallest absolute Gasteiger partial charge is 0.550 e. The molecule has 0 heterocycles. The van der Waals surface area contributed by atoms with Crippen LogP contribution in [0.25, 0.3) is 17.2 Å². The number of carboxylic acid groups (broad SMARTS) is 1. The third-order valence-electron chi connectivity index (χ3n) is 8.55. The topological polar surface area (TPSA) is 60.4 Å². The standard InChI is InChI=1S/C34H39FO3.Na/c1-5-34(6-2,28-12-11-25(23(3)19-28)15-18-33(38)16-7-8-17-33)29-13-14-30(24(4)20-29)26-9-10-27(22-32(36)37)31(35)21-26;/h9-15,18-21,38H,5-8,16-17,22H2,1-4H3,(H,36,37);/q;+1/p-1. The summed E-state index contributed by atoms with van der Waals surface area (Å²) in [5.74, 6) is -1.82. The molecule has 200 valence electrons. The predicted octanol–water partition coefficient (Wildman–Crippen LogP) is 3.83. The van der Waals surface area contributed by atoms with Crippen molar-refractivity contribution in [3.8, 4) is 11.1 Å². The number of rotatable bonds is 9. The Balaban J connectivity index is 0.00000420. The van der Waals surface area contributed by atoms with Gasteiger partial charge in [-0.25, -0.2) is 4.39 Å². The van der Waals surface area contributed by atoms with Gasteiger partial charge in [-0.3, -0.25) is 0 Å². The van der Waals surface area contributed by atoms with Gasteiger partial charge in [0.1, 0.15) is 5.82 Å². The molecule has 4 rings (SSSR count). The van der Waals surface area contributed by atoms with Crippen LogP contribution in [-0.2, 0) is 16.6 Å². The molecular weight excluding hydrogens is 498 g/mol. The van der Waals surface area contributed by atoms with Gasteiger partial charge in [0.25, 0.3) is 0 Å².